The summed E-state index contributed by atoms with van der Waals surface area (Å²) in [5.41, 5.74) is 2.05. The molecular formula is C17H16N2O2S. The zero-order valence-corrected chi connectivity index (χ0v) is 13.3. The highest BCUT2D eigenvalue weighted by molar-refractivity contribution is 7.98. The number of aryl methyl sites for hydroxylation is 1. The van der Waals surface area contributed by atoms with E-state index in [1.165, 1.54) is 4.90 Å². The predicted molar refractivity (Wildman–Crippen MR) is 87.0 cm³/mol. The van der Waals surface area contributed by atoms with Crippen LogP contribution in [0.5, 0.6) is 5.75 Å². The van der Waals surface area contributed by atoms with E-state index in [0.29, 0.717) is 11.7 Å². The van der Waals surface area contributed by atoms with E-state index < -0.39 is 0 Å². The smallest absolute Gasteiger partial charge is 0.258 e. The Morgan fingerprint density at radius 2 is 1.86 bits per heavy atom. The highest BCUT2D eigenvalue weighted by Gasteiger charge is 2.11. The summed E-state index contributed by atoms with van der Waals surface area (Å²) in [5.74, 6) is 1.85. The molecule has 0 aliphatic heterocycles. The third kappa shape index (κ3) is 3.31. The van der Waals surface area contributed by atoms with Gasteiger partial charge in [0.15, 0.2) is 6.61 Å². The number of nitrogens with zero attached hydrogens (tertiary/aromatic N) is 2. The van der Waals surface area contributed by atoms with Crippen LogP contribution >= 0.6 is 11.8 Å². The first-order chi connectivity index (χ1) is 10.8. The van der Waals surface area contributed by atoms with E-state index in [2.05, 4.69) is 10.1 Å². The molecule has 0 radical (unpaired) electrons. The Kier molecular flexibility index (Phi) is 4.44. The van der Waals surface area contributed by atoms with Gasteiger partial charge in [0.1, 0.15) is 5.75 Å². The van der Waals surface area contributed by atoms with Crippen LogP contribution in [0.1, 0.15) is 11.4 Å². The molecule has 0 unspecified atom stereocenters. The Hall–Kier alpha value is -2.27. The fourth-order valence-corrected chi connectivity index (χ4v) is 2.46. The molecule has 0 N–H and O–H groups in total. The van der Waals surface area contributed by atoms with Crippen LogP contribution in [-0.4, -0.2) is 16.4 Å². The summed E-state index contributed by atoms with van der Waals surface area (Å²) in [4.78, 5) is 5.59. The number of aromatic nitrogens is 2. The van der Waals surface area contributed by atoms with Crippen molar-refractivity contribution in [2.45, 2.75) is 18.4 Å². The van der Waals surface area contributed by atoms with Gasteiger partial charge in [-0.05, 0) is 49.1 Å². The molecule has 1 aromatic heterocycles. The van der Waals surface area contributed by atoms with Crippen molar-refractivity contribution in [1.82, 2.24) is 10.1 Å². The average molecular weight is 312 g/mol. The van der Waals surface area contributed by atoms with Gasteiger partial charge in [0.2, 0.25) is 5.82 Å². The molecule has 0 aliphatic carbocycles. The standard InChI is InChI=1S/C17H16N2O2S/c1-12-5-3-4-6-15(12)17-18-16(19-21-17)11-20-13-7-9-14(22-2)10-8-13/h3-10H,11H2,1-2H3. The molecule has 0 saturated carbocycles. The summed E-state index contributed by atoms with van der Waals surface area (Å²) < 4.78 is 11.0. The third-order valence-electron chi connectivity index (χ3n) is 3.27. The monoisotopic (exact) mass is 312 g/mol. The fraction of sp³-hybridized carbons (Fsp3) is 0.176. The van der Waals surface area contributed by atoms with Crippen LogP contribution in [-0.2, 0) is 6.61 Å². The number of rotatable bonds is 5. The van der Waals surface area contributed by atoms with Gasteiger partial charge in [0.25, 0.3) is 5.89 Å². The summed E-state index contributed by atoms with van der Waals surface area (Å²) >= 11 is 1.70. The Balaban J connectivity index is 1.68. The van der Waals surface area contributed by atoms with Crippen LogP contribution in [0, 0.1) is 6.92 Å². The fourth-order valence-electron chi connectivity index (χ4n) is 2.05. The van der Waals surface area contributed by atoms with Crippen molar-refractivity contribution in [2.24, 2.45) is 0 Å². The lowest BCUT2D eigenvalue weighted by molar-refractivity contribution is 0.287. The molecule has 3 rings (SSSR count). The second kappa shape index (κ2) is 6.66. The SMILES string of the molecule is CSc1ccc(OCc2noc(-c3ccccc3C)n2)cc1. The van der Waals surface area contributed by atoms with Crippen LogP contribution in [0.15, 0.2) is 57.9 Å². The van der Waals surface area contributed by atoms with E-state index in [4.69, 9.17) is 9.26 Å². The number of benzene rings is 2. The molecule has 0 amide bonds. The number of hydrogen-bond acceptors (Lipinski definition) is 5. The Labute approximate surface area is 133 Å². The maximum atomic E-state index is 5.68. The summed E-state index contributed by atoms with van der Waals surface area (Å²) in [6.45, 7) is 2.30. The van der Waals surface area contributed by atoms with E-state index >= 15 is 0 Å². The first-order valence-corrected chi connectivity index (χ1v) is 8.14. The Morgan fingerprint density at radius 3 is 2.59 bits per heavy atom. The van der Waals surface area contributed by atoms with Crippen molar-refractivity contribution in [1.29, 1.82) is 0 Å². The molecule has 0 aliphatic rings. The van der Waals surface area contributed by atoms with E-state index in [1.807, 2.05) is 61.7 Å². The largest absolute Gasteiger partial charge is 0.485 e. The molecule has 1 heterocycles. The molecule has 4 nitrogen and oxygen atoms in total. The molecule has 0 bridgehead atoms. The van der Waals surface area contributed by atoms with Gasteiger partial charge in [0, 0.05) is 10.5 Å². The summed E-state index contributed by atoms with van der Waals surface area (Å²) in [5, 5.41) is 3.97. The van der Waals surface area contributed by atoms with Crippen LogP contribution in [0.3, 0.4) is 0 Å². The average Bonchev–Trinajstić information content (AvgIpc) is 3.02. The van der Waals surface area contributed by atoms with Gasteiger partial charge in [-0.1, -0.05) is 23.4 Å². The Bertz CT molecular complexity index is 753. The molecule has 0 atom stereocenters. The van der Waals surface area contributed by atoms with Crippen molar-refractivity contribution < 1.29 is 9.26 Å². The second-order valence-corrected chi connectivity index (χ2v) is 5.67. The van der Waals surface area contributed by atoms with Gasteiger partial charge in [-0.2, -0.15) is 4.98 Å². The van der Waals surface area contributed by atoms with Crippen LogP contribution in [0.4, 0.5) is 0 Å². The van der Waals surface area contributed by atoms with Crippen LogP contribution in [0.2, 0.25) is 0 Å². The highest BCUT2D eigenvalue weighted by Crippen LogP contribution is 2.22. The maximum absolute atomic E-state index is 5.68. The minimum absolute atomic E-state index is 0.286. The summed E-state index contributed by atoms with van der Waals surface area (Å²) in [7, 11) is 0. The van der Waals surface area contributed by atoms with Gasteiger partial charge < -0.3 is 9.26 Å². The molecule has 22 heavy (non-hydrogen) atoms. The first kappa shape index (κ1) is 14.7. The van der Waals surface area contributed by atoms with E-state index in [0.717, 1.165) is 16.9 Å². The summed E-state index contributed by atoms with van der Waals surface area (Å²) in [6.07, 6.45) is 2.04. The second-order valence-electron chi connectivity index (χ2n) is 4.79. The predicted octanol–water partition coefficient (Wildman–Crippen LogP) is 4.35. The van der Waals surface area contributed by atoms with E-state index in [-0.39, 0.29) is 6.61 Å². The van der Waals surface area contributed by atoms with Crippen molar-refractivity contribution in [3.05, 3.63) is 59.9 Å². The molecule has 112 valence electrons. The zero-order chi connectivity index (χ0) is 15.4. The zero-order valence-electron chi connectivity index (χ0n) is 12.4. The normalized spacial score (nSPS) is 10.6. The van der Waals surface area contributed by atoms with Crippen molar-refractivity contribution in [2.75, 3.05) is 6.26 Å². The van der Waals surface area contributed by atoms with Crippen molar-refractivity contribution in [3.63, 3.8) is 0 Å². The van der Waals surface area contributed by atoms with Gasteiger partial charge in [0.05, 0.1) is 0 Å². The molecule has 2 aromatic carbocycles. The van der Waals surface area contributed by atoms with Crippen molar-refractivity contribution >= 4 is 11.8 Å². The van der Waals surface area contributed by atoms with Crippen LogP contribution in [0.25, 0.3) is 11.5 Å². The Morgan fingerprint density at radius 1 is 1.09 bits per heavy atom. The lowest BCUT2D eigenvalue weighted by Gasteiger charge is -2.03. The van der Waals surface area contributed by atoms with Crippen molar-refractivity contribution in [3.8, 4) is 17.2 Å². The molecule has 3 aromatic rings. The lowest BCUT2D eigenvalue weighted by Crippen LogP contribution is -1.97. The highest BCUT2D eigenvalue weighted by atomic mass is 32.2. The number of hydrogen-bond donors (Lipinski definition) is 0. The van der Waals surface area contributed by atoms with E-state index in [9.17, 15) is 0 Å². The van der Waals surface area contributed by atoms with Gasteiger partial charge >= 0.3 is 0 Å². The third-order valence-corrected chi connectivity index (χ3v) is 4.01. The topological polar surface area (TPSA) is 48.2 Å². The quantitative estimate of drug-likeness (QED) is 0.656. The number of thioether (sulfide) groups is 1. The maximum Gasteiger partial charge on any atom is 0.258 e. The molecular weight excluding hydrogens is 296 g/mol. The molecule has 0 spiro atoms. The minimum Gasteiger partial charge on any atom is -0.485 e. The van der Waals surface area contributed by atoms with Crippen LogP contribution < -0.4 is 4.74 Å². The van der Waals surface area contributed by atoms with Gasteiger partial charge in [-0.15, -0.1) is 11.8 Å². The van der Waals surface area contributed by atoms with E-state index in [1.54, 1.807) is 11.8 Å². The lowest BCUT2D eigenvalue weighted by atomic mass is 10.1. The summed E-state index contributed by atoms with van der Waals surface area (Å²) in [6, 6.07) is 15.8. The minimum atomic E-state index is 0.286. The first-order valence-electron chi connectivity index (χ1n) is 6.91. The molecule has 5 heteroatoms. The number of ether oxygens (including phenoxy) is 1. The molecule has 0 fully saturated rings. The van der Waals surface area contributed by atoms with Gasteiger partial charge in [-0.25, -0.2) is 0 Å². The molecule has 0 saturated heterocycles. The van der Waals surface area contributed by atoms with Gasteiger partial charge in [-0.3, -0.25) is 0 Å².